The minimum absolute atomic E-state index is 0. The fourth-order valence-electron chi connectivity index (χ4n) is 3.39. The maximum absolute atomic E-state index is 12.5. The molecule has 3 N–H and O–H groups in total. The molecule has 144 valence electrons. The molecular formula is C18H27ClN4O2S. The molecule has 1 unspecified atom stereocenters. The van der Waals surface area contributed by atoms with Crippen molar-refractivity contribution in [2.75, 3.05) is 13.1 Å². The van der Waals surface area contributed by atoms with Gasteiger partial charge in [-0.2, -0.15) is 0 Å². The number of carbonyl (C=O) groups is 1. The van der Waals surface area contributed by atoms with Crippen molar-refractivity contribution in [3.63, 3.8) is 0 Å². The van der Waals surface area contributed by atoms with Crippen LogP contribution >= 0.6 is 23.7 Å². The molecule has 0 saturated carbocycles. The largest absolute Gasteiger partial charge is 0.342 e. The number of aromatic nitrogens is 2. The van der Waals surface area contributed by atoms with Crippen LogP contribution in [0.25, 0.3) is 10.2 Å². The molecule has 1 fully saturated rings. The van der Waals surface area contributed by atoms with Gasteiger partial charge in [0.25, 0.3) is 5.56 Å². The lowest BCUT2D eigenvalue weighted by Gasteiger charge is -2.42. The highest BCUT2D eigenvalue weighted by Crippen LogP contribution is 2.28. The van der Waals surface area contributed by atoms with E-state index in [0.717, 1.165) is 21.7 Å². The fraction of sp³-hybridized carbons (Fsp3) is 0.611. The van der Waals surface area contributed by atoms with Gasteiger partial charge in [0.2, 0.25) is 5.91 Å². The molecule has 3 rings (SSSR count). The summed E-state index contributed by atoms with van der Waals surface area (Å²) in [5, 5.41) is 0.671. The van der Waals surface area contributed by atoms with Crippen LogP contribution in [0.4, 0.5) is 0 Å². The summed E-state index contributed by atoms with van der Waals surface area (Å²) in [6.45, 7) is 9.52. The maximum atomic E-state index is 12.5. The van der Waals surface area contributed by atoms with Crippen molar-refractivity contribution >= 4 is 39.9 Å². The van der Waals surface area contributed by atoms with Crippen molar-refractivity contribution in [1.82, 2.24) is 14.9 Å². The van der Waals surface area contributed by atoms with Crippen LogP contribution in [0.3, 0.4) is 0 Å². The van der Waals surface area contributed by atoms with Gasteiger partial charge >= 0.3 is 0 Å². The average Bonchev–Trinajstić information content (AvgIpc) is 2.82. The number of aromatic amines is 1. The molecule has 6 nitrogen and oxygen atoms in total. The van der Waals surface area contributed by atoms with E-state index in [2.05, 4.69) is 23.8 Å². The van der Waals surface area contributed by atoms with E-state index in [9.17, 15) is 9.59 Å². The van der Waals surface area contributed by atoms with Crippen molar-refractivity contribution in [3.05, 3.63) is 26.6 Å². The first-order valence-corrected chi connectivity index (χ1v) is 9.53. The predicted molar refractivity (Wildman–Crippen MR) is 108 cm³/mol. The molecular weight excluding hydrogens is 372 g/mol. The predicted octanol–water partition coefficient (Wildman–Crippen LogP) is 2.54. The minimum atomic E-state index is -0.112. The first kappa shape index (κ1) is 20.9. The third-order valence-corrected chi connectivity index (χ3v) is 6.43. The van der Waals surface area contributed by atoms with E-state index < -0.39 is 0 Å². The molecule has 1 saturated heterocycles. The number of nitrogens with two attached hydrogens (primary N) is 1. The summed E-state index contributed by atoms with van der Waals surface area (Å²) in [5.41, 5.74) is 6.95. The monoisotopic (exact) mass is 398 g/mol. The highest BCUT2D eigenvalue weighted by Gasteiger charge is 2.35. The van der Waals surface area contributed by atoms with E-state index in [1.807, 2.05) is 18.7 Å². The lowest BCUT2D eigenvalue weighted by Crippen LogP contribution is -2.54. The van der Waals surface area contributed by atoms with Crippen LogP contribution in [-0.4, -0.2) is 39.9 Å². The van der Waals surface area contributed by atoms with E-state index in [1.165, 1.54) is 11.3 Å². The SMILES string of the molecule is Cc1sc2nc(CCC(=O)N3CCC(N)C(C)(C)C3)[nH]c(=O)c2c1C.Cl. The van der Waals surface area contributed by atoms with Crippen molar-refractivity contribution in [3.8, 4) is 0 Å². The zero-order valence-electron chi connectivity index (χ0n) is 15.7. The Morgan fingerprint density at radius 2 is 2.12 bits per heavy atom. The van der Waals surface area contributed by atoms with Gasteiger partial charge in [0.1, 0.15) is 10.7 Å². The third kappa shape index (κ3) is 3.94. The van der Waals surface area contributed by atoms with Crippen LogP contribution in [0.15, 0.2) is 4.79 Å². The molecule has 26 heavy (non-hydrogen) atoms. The number of fused-ring (bicyclic) bond motifs is 1. The van der Waals surface area contributed by atoms with Crippen molar-refractivity contribution < 1.29 is 4.79 Å². The van der Waals surface area contributed by atoms with Gasteiger partial charge in [0, 0.05) is 36.9 Å². The average molecular weight is 399 g/mol. The normalized spacial score (nSPS) is 19.4. The maximum Gasteiger partial charge on any atom is 0.259 e. The Balaban J connectivity index is 0.00000243. The lowest BCUT2D eigenvalue weighted by atomic mass is 9.79. The van der Waals surface area contributed by atoms with Crippen LogP contribution in [0.1, 0.15) is 43.0 Å². The Kier molecular flexibility index (Phi) is 6.15. The number of amides is 1. The summed E-state index contributed by atoms with van der Waals surface area (Å²) in [6.07, 6.45) is 1.62. The number of H-pyrrole nitrogens is 1. The molecule has 0 radical (unpaired) electrons. The van der Waals surface area contributed by atoms with Crippen molar-refractivity contribution in [1.29, 1.82) is 0 Å². The Bertz CT molecular complexity index is 874. The van der Waals surface area contributed by atoms with E-state index in [4.69, 9.17) is 5.73 Å². The van der Waals surface area contributed by atoms with Gasteiger partial charge in [-0.05, 0) is 31.2 Å². The first-order valence-electron chi connectivity index (χ1n) is 8.71. The molecule has 3 heterocycles. The molecule has 0 aliphatic carbocycles. The second-order valence-electron chi connectivity index (χ2n) is 7.68. The summed E-state index contributed by atoms with van der Waals surface area (Å²) in [6, 6.07) is 0.127. The smallest absolute Gasteiger partial charge is 0.259 e. The molecule has 1 amide bonds. The number of likely N-dealkylation sites (tertiary alicyclic amines) is 1. The van der Waals surface area contributed by atoms with Crippen molar-refractivity contribution in [2.24, 2.45) is 11.1 Å². The van der Waals surface area contributed by atoms with Crippen LogP contribution in [-0.2, 0) is 11.2 Å². The summed E-state index contributed by atoms with van der Waals surface area (Å²) >= 11 is 1.53. The van der Waals surface area contributed by atoms with Crippen LogP contribution in [0.5, 0.6) is 0 Å². The number of halogens is 1. The number of nitrogens with one attached hydrogen (secondary N) is 1. The number of aryl methyl sites for hydroxylation is 3. The molecule has 2 aromatic heterocycles. The van der Waals surface area contributed by atoms with Gasteiger partial charge in [-0.1, -0.05) is 13.8 Å². The second kappa shape index (κ2) is 7.66. The van der Waals surface area contributed by atoms with Gasteiger partial charge in [0.05, 0.1) is 5.39 Å². The zero-order chi connectivity index (χ0) is 18.4. The van der Waals surface area contributed by atoms with Crippen LogP contribution in [0.2, 0.25) is 0 Å². The summed E-state index contributed by atoms with van der Waals surface area (Å²) in [7, 11) is 0. The third-order valence-electron chi connectivity index (χ3n) is 5.33. The molecule has 1 aliphatic rings. The zero-order valence-corrected chi connectivity index (χ0v) is 17.4. The van der Waals surface area contributed by atoms with Crippen LogP contribution < -0.4 is 11.3 Å². The van der Waals surface area contributed by atoms with Crippen molar-refractivity contribution in [2.45, 2.75) is 53.0 Å². The number of thiophene rings is 1. The minimum Gasteiger partial charge on any atom is -0.342 e. The van der Waals surface area contributed by atoms with Crippen LogP contribution in [0, 0.1) is 19.3 Å². The molecule has 8 heteroatoms. The van der Waals surface area contributed by atoms with Gasteiger partial charge in [-0.3, -0.25) is 9.59 Å². The second-order valence-corrected chi connectivity index (χ2v) is 8.88. The van der Waals surface area contributed by atoms with Gasteiger partial charge in [-0.15, -0.1) is 23.7 Å². The van der Waals surface area contributed by atoms with Gasteiger partial charge < -0.3 is 15.6 Å². The van der Waals surface area contributed by atoms with Gasteiger partial charge in [0.15, 0.2) is 0 Å². The Hall–Kier alpha value is -1.44. The molecule has 2 aromatic rings. The number of rotatable bonds is 3. The summed E-state index contributed by atoms with van der Waals surface area (Å²) in [5.74, 6) is 0.682. The standard InChI is InChI=1S/C18H26N4O2S.ClH/c1-10-11(2)25-17-15(10)16(24)20-13(21-17)5-6-14(23)22-8-7-12(19)18(3,4)9-22;/h12H,5-9,19H2,1-4H3,(H,20,21,24);1H. The Morgan fingerprint density at radius 1 is 1.42 bits per heavy atom. The summed E-state index contributed by atoms with van der Waals surface area (Å²) < 4.78 is 0. The Labute approximate surface area is 163 Å². The fourth-order valence-corrected chi connectivity index (χ4v) is 4.44. The Morgan fingerprint density at radius 3 is 2.77 bits per heavy atom. The molecule has 1 atom stereocenters. The topological polar surface area (TPSA) is 92.1 Å². The number of carbonyl (C=O) groups excluding carboxylic acids is 1. The molecule has 0 aromatic carbocycles. The lowest BCUT2D eigenvalue weighted by molar-refractivity contribution is -0.134. The molecule has 0 spiro atoms. The highest BCUT2D eigenvalue weighted by atomic mass is 35.5. The van der Waals surface area contributed by atoms with E-state index >= 15 is 0 Å². The number of piperidine rings is 1. The number of hydrogen-bond acceptors (Lipinski definition) is 5. The van der Waals surface area contributed by atoms with E-state index in [0.29, 0.717) is 37.1 Å². The first-order chi connectivity index (χ1) is 11.7. The highest BCUT2D eigenvalue weighted by molar-refractivity contribution is 7.18. The molecule has 0 bridgehead atoms. The number of hydrogen-bond donors (Lipinski definition) is 2. The van der Waals surface area contributed by atoms with E-state index in [-0.39, 0.29) is 35.3 Å². The summed E-state index contributed by atoms with van der Waals surface area (Å²) in [4.78, 5) is 36.0. The van der Waals surface area contributed by atoms with Gasteiger partial charge in [-0.25, -0.2) is 4.98 Å². The molecule has 1 aliphatic heterocycles. The quantitative estimate of drug-likeness (QED) is 0.830. The number of nitrogens with zero attached hydrogens (tertiary/aromatic N) is 2. The van der Waals surface area contributed by atoms with E-state index in [1.54, 1.807) is 0 Å².